The molecule has 0 spiro atoms. The zero-order chi connectivity index (χ0) is 16.8. The SMILES string of the molecule is CCOc1ccc(C(=O)NC(=S)Nc2ccc(Br)cc2Cl)cc1. The Hall–Kier alpha value is -1.63. The second-order valence-corrected chi connectivity index (χ2v) is 6.22. The number of benzene rings is 2. The zero-order valence-corrected chi connectivity index (χ0v) is 15.4. The third-order valence-corrected chi connectivity index (χ3v) is 3.84. The smallest absolute Gasteiger partial charge is 0.257 e. The summed E-state index contributed by atoms with van der Waals surface area (Å²) in [5.41, 5.74) is 1.10. The van der Waals surface area contributed by atoms with Gasteiger partial charge in [0.15, 0.2) is 5.11 Å². The largest absolute Gasteiger partial charge is 0.494 e. The molecule has 0 atom stereocenters. The molecule has 1 amide bonds. The van der Waals surface area contributed by atoms with Crippen LogP contribution in [0.4, 0.5) is 5.69 Å². The van der Waals surface area contributed by atoms with Crippen molar-refractivity contribution in [1.82, 2.24) is 5.32 Å². The summed E-state index contributed by atoms with van der Waals surface area (Å²) in [5.74, 6) is 0.408. The Morgan fingerprint density at radius 3 is 2.57 bits per heavy atom. The molecule has 2 aromatic carbocycles. The summed E-state index contributed by atoms with van der Waals surface area (Å²) in [6.07, 6.45) is 0. The van der Waals surface area contributed by atoms with Crippen molar-refractivity contribution < 1.29 is 9.53 Å². The lowest BCUT2D eigenvalue weighted by atomic mass is 10.2. The predicted octanol–water partition coefficient (Wildman–Crippen LogP) is 4.63. The van der Waals surface area contributed by atoms with E-state index in [1.54, 1.807) is 36.4 Å². The van der Waals surface area contributed by atoms with Crippen LogP contribution in [0, 0.1) is 0 Å². The van der Waals surface area contributed by atoms with Crippen molar-refractivity contribution in [3.05, 3.63) is 57.5 Å². The number of ether oxygens (including phenoxy) is 1. The van der Waals surface area contributed by atoms with Crippen molar-refractivity contribution in [2.75, 3.05) is 11.9 Å². The van der Waals surface area contributed by atoms with Crippen LogP contribution < -0.4 is 15.4 Å². The lowest BCUT2D eigenvalue weighted by molar-refractivity contribution is 0.0977. The molecule has 2 N–H and O–H groups in total. The molecule has 4 nitrogen and oxygen atoms in total. The van der Waals surface area contributed by atoms with E-state index in [1.807, 2.05) is 13.0 Å². The number of carbonyl (C=O) groups is 1. The Morgan fingerprint density at radius 2 is 1.96 bits per heavy atom. The Morgan fingerprint density at radius 1 is 1.26 bits per heavy atom. The highest BCUT2D eigenvalue weighted by Crippen LogP contribution is 2.25. The second kappa shape index (κ2) is 8.29. The molecule has 0 aromatic heterocycles. The number of carbonyl (C=O) groups excluding carboxylic acids is 1. The van der Waals surface area contributed by atoms with Gasteiger partial charge in [0.1, 0.15) is 5.75 Å². The highest BCUT2D eigenvalue weighted by atomic mass is 79.9. The topological polar surface area (TPSA) is 50.4 Å². The van der Waals surface area contributed by atoms with Crippen LogP contribution in [0.2, 0.25) is 5.02 Å². The maximum Gasteiger partial charge on any atom is 0.257 e. The Bertz CT molecular complexity index is 723. The summed E-state index contributed by atoms with van der Waals surface area (Å²) in [6, 6.07) is 12.2. The first-order valence-electron chi connectivity index (χ1n) is 6.80. The third-order valence-electron chi connectivity index (χ3n) is 2.83. The molecule has 0 aliphatic heterocycles. The number of hydrogen-bond donors (Lipinski definition) is 2. The Labute approximate surface area is 153 Å². The van der Waals surface area contributed by atoms with E-state index in [4.69, 9.17) is 28.6 Å². The van der Waals surface area contributed by atoms with E-state index in [9.17, 15) is 4.79 Å². The van der Waals surface area contributed by atoms with Gasteiger partial charge in [0.2, 0.25) is 0 Å². The lowest BCUT2D eigenvalue weighted by Crippen LogP contribution is -2.34. The van der Waals surface area contributed by atoms with Gasteiger partial charge in [-0.05, 0) is 61.6 Å². The van der Waals surface area contributed by atoms with Crippen molar-refractivity contribution in [2.45, 2.75) is 6.92 Å². The minimum atomic E-state index is -0.307. The van der Waals surface area contributed by atoms with E-state index in [1.165, 1.54) is 0 Å². The highest BCUT2D eigenvalue weighted by Gasteiger charge is 2.09. The molecule has 0 radical (unpaired) electrons. The molecule has 2 aromatic rings. The van der Waals surface area contributed by atoms with Crippen molar-refractivity contribution in [3.63, 3.8) is 0 Å². The molecular formula is C16H14BrClN2O2S. The van der Waals surface area contributed by atoms with E-state index >= 15 is 0 Å². The van der Waals surface area contributed by atoms with Crippen LogP contribution in [0.25, 0.3) is 0 Å². The van der Waals surface area contributed by atoms with E-state index in [2.05, 4.69) is 26.6 Å². The van der Waals surface area contributed by atoms with E-state index in [0.29, 0.717) is 28.6 Å². The van der Waals surface area contributed by atoms with Crippen LogP contribution >= 0.6 is 39.7 Å². The van der Waals surface area contributed by atoms with Crippen LogP contribution in [0.5, 0.6) is 5.75 Å². The standard InChI is InChI=1S/C16H14BrClN2O2S/c1-2-22-12-6-3-10(4-7-12)15(21)20-16(23)19-14-8-5-11(17)9-13(14)18/h3-9H,2H2,1H3,(H2,19,20,21,23). The summed E-state index contributed by atoms with van der Waals surface area (Å²) >= 11 is 14.6. The quantitative estimate of drug-likeness (QED) is 0.718. The summed E-state index contributed by atoms with van der Waals surface area (Å²) < 4.78 is 6.19. The first kappa shape index (κ1) is 17.7. The molecular weight excluding hydrogens is 400 g/mol. The molecule has 120 valence electrons. The number of rotatable bonds is 4. The molecule has 0 saturated carbocycles. The van der Waals surface area contributed by atoms with Gasteiger partial charge in [-0.1, -0.05) is 27.5 Å². The van der Waals surface area contributed by atoms with Gasteiger partial charge in [0, 0.05) is 10.0 Å². The predicted molar refractivity (Wildman–Crippen MR) is 100 cm³/mol. The van der Waals surface area contributed by atoms with Gasteiger partial charge in [0.05, 0.1) is 17.3 Å². The van der Waals surface area contributed by atoms with Crippen LogP contribution in [0.1, 0.15) is 17.3 Å². The van der Waals surface area contributed by atoms with Crippen LogP contribution in [-0.4, -0.2) is 17.6 Å². The molecule has 2 rings (SSSR count). The van der Waals surface area contributed by atoms with Crippen LogP contribution in [-0.2, 0) is 0 Å². The maximum absolute atomic E-state index is 12.1. The van der Waals surface area contributed by atoms with Gasteiger partial charge in [-0.15, -0.1) is 0 Å². The first-order chi connectivity index (χ1) is 11.0. The van der Waals surface area contributed by atoms with Crippen molar-refractivity contribution in [2.24, 2.45) is 0 Å². The summed E-state index contributed by atoms with van der Waals surface area (Å²) in [6.45, 7) is 2.48. The van der Waals surface area contributed by atoms with Crippen molar-refractivity contribution in [1.29, 1.82) is 0 Å². The molecule has 0 unspecified atom stereocenters. The molecule has 0 bridgehead atoms. The molecule has 0 aliphatic carbocycles. The monoisotopic (exact) mass is 412 g/mol. The molecule has 0 aliphatic rings. The number of amides is 1. The molecule has 0 heterocycles. The lowest BCUT2D eigenvalue weighted by Gasteiger charge is -2.11. The fourth-order valence-electron chi connectivity index (χ4n) is 1.79. The third kappa shape index (κ3) is 5.20. The number of nitrogens with one attached hydrogen (secondary N) is 2. The maximum atomic E-state index is 12.1. The molecule has 0 fully saturated rings. The van der Waals surface area contributed by atoms with Crippen molar-refractivity contribution >= 4 is 56.5 Å². The van der Waals surface area contributed by atoms with Gasteiger partial charge in [-0.25, -0.2) is 0 Å². The number of anilines is 1. The number of thiocarbonyl (C=S) groups is 1. The fourth-order valence-corrected chi connectivity index (χ4v) is 2.71. The van der Waals surface area contributed by atoms with Gasteiger partial charge in [-0.2, -0.15) is 0 Å². The zero-order valence-electron chi connectivity index (χ0n) is 12.2. The first-order valence-corrected chi connectivity index (χ1v) is 8.37. The summed E-state index contributed by atoms with van der Waals surface area (Å²) in [5, 5.41) is 6.17. The number of hydrogen-bond acceptors (Lipinski definition) is 3. The highest BCUT2D eigenvalue weighted by molar-refractivity contribution is 9.10. The van der Waals surface area contributed by atoms with Gasteiger partial charge >= 0.3 is 0 Å². The second-order valence-electron chi connectivity index (χ2n) is 4.49. The van der Waals surface area contributed by atoms with Crippen LogP contribution in [0.15, 0.2) is 46.9 Å². The van der Waals surface area contributed by atoms with Crippen molar-refractivity contribution in [3.8, 4) is 5.75 Å². The Kier molecular flexibility index (Phi) is 6.38. The van der Waals surface area contributed by atoms with Gasteiger partial charge < -0.3 is 10.1 Å². The fraction of sp³-hybridized carbons (Fsp3) is 0.125. The van der Waals surface area contributed by atoms with Crippen LogP contribution in [0.3, 0.4) is 0 Å². The Balaban J connectivity index is 1.97. The van der Waals surface area contributed by atoms with E-state index in [-0.39, 0.29) is 11.0 Å². The number of halogens is 2. The summed E-state index contributed by atoms with van der Waals surface area (Å²) in [7, 11) is 0. The molecule has 0 saturated heterocycles. The minimum absolute atomic E-state index is 0.174. The average Bonchev–Trinajstić information content (AvgIpc) is 2.51. The van der Waals surface area contributed by atoms with Gasteiger partial charge in [0.25, 0.3) is 5.91 Å². The molecule has 23 heavy (non-hydrogen) atoms. The average molecular weight is 414 g/mol. The molecule has 7 heteroatoms. The van der Waals surface area contributed by atoms with E-state index < -0.39 is 0 Å². The normalized spacial score (nSPS) is 10.0. The summed E-state index contributed by atoms with van der Waals surface area (Å²) in [4.78, 5) is 12.1. The van der Waals surface area contributed by atoms with E-state index in [0.717, 1.165) is 4.47 Å². The van der Waals surface area contributed by atoms with Gasteiger partial charge in [-0.3, -0.25) is 10.1 Å². The minimum Gasteiger partial charge on any atom is -0.494 e.